The zero-order valence-electron chi connectivity index (χ0n) is 16.4. The molecule has 3 aromatic rings. The van der Waals surface area contributed by atoms with Crippen molar-refractivity contribution in [2.45, 2.75) is 6.92 Å². The number of ether oxygens (including phenoxy) is 1. The maximum absolute atomic E-state index is 13.1. The molecule has 0 spiro atoms. The molecule has 0 atom stereocenters. The van der Waals surface area contributed by atoms with E-state index >= 15 is 0 Å². The Labute approximate surface area is 165 Å². The van der Waals surface area contributed by atoms with Gasteiger partial charge >= 0.3 is 0 Å². The fourth-order valence-corrected chi connectivity index (χ4v) is 3.81. The van der Waals surface area contributed by atoms with E-state index in [1.165, 1.54) is 5.69 Å². The number of methoxy groups -OCH3 is 1. The Hall–Kier alpha value is -3.15. The number of nitrogens with one attached hydrogen (secondary N) is 2. The van der Waals surface area contributed by atoms with E-state index in [2.05, 4.69) is 40.3 Å². The standard InChI is InChI=1S/C22H26N4O2/c1-3-23-20-6-4-5-7-21(20)25-10-12-26(13-11-25)22(27)18-15-24-19-9-8-16(28-2)14-17(18)19/h4-9,14-15,23-24H,3,10-13H2,1-2H3. The van der Waals surface area contributed by atoms with Crippen molar-refractivity contribution >= 4 is 28.2 Å². The Morgan fingerprint density at radius 1 is 1.14 bits per heavy atom. The second-order valence-electron chi connectivity index (χ2n) is 6.94. The number of aromatic nitrogens is 1. The molecule has 2 aromatic carbocycles. The van der Waals surface area contributed by atoms with E-state index in [4.69, 9.17) is 4.74 Å². The molecule has 1 amide bonds. The number of nitrogens with zero attached hydrogens (tertiary/aromatic N) is 2. The van der Waals surface area contributed by atoms with Crippen molar-refractivity contribution in [3.63, 3.8) is 0 Å². The number of hydrogen-bond donors (Lipinski definition) is 2. The molecule has 0 bridgehead atoms. The molecule has 2 N–H and O–H groups in total. The van der Waals surface area contributed by atoms with Gasteiger partial charge in [-0.3, -0.25) is 4.79 Å². The lowest BCUT2D eigenvalue weighted by Crippen LogP contribution is -2.49. The van der Waals surface area contributed by atoms with Gasteiger partial charge < -0.3 is 24.8 Å². The Morgan fingerprint density at radius 3 is 2.68 bits per heavy atom. The highest BCUT2D eigenvalue weighted by Crippen LogP contribution is 2.28. The summed E-state index contributed by atoms with van der Waals surface area (Å²) in [6.07, 6.45) is 1.80. The van der Waals surface area contributed by atoms with Crippen LogP contribution in [-0.4, -0.2) is 55.6 Å². The SMILES string of the molecule is CCNc1ccccc1N1CCN(C(=O)c2c[nH]c3ccc(OC)cc23)CC1. The molecule has 2 heterocycles. The molecule has 1 aromatic heterocycles. The first-order valence-corrected chi connectivity index (χ1v) is 9.73. The summed E-state index contributed by atoms with van der Waals surface area (Å²) < 4.78 is 5.31. The molecule has 0 unspecified atom stereocenters. The third kappa shape index (κ3) is 3.38. The molecule has 1 aliphatic rings. The topological polar surface area (TPSA) is 60.6 Å². The summed E-state index contributed by atoms with van der Waals surface area (Å²) >= 11 is 0. The van der Waals surface area contributed by atoms with Crippen molar-refractivity contribution in [1.82, 2.24) is 9.88 Å². The van der Waals surface area contributed by atoms with Crippen molar-refractivity contribution in [2.24, 2.45) is 0 Å². The molecule has 1 saturated heterocycles. The van der Waals surface area contributed by atoms with Crippen molar-refractivity contribution in [3.8, 4) is 5.75 Å². The van der Waals surface area contributed by atoms with Crippen LogP contribution in [0.2, 0.25) is 0 Å². The van der Waals surface area contributed by atoms with Gasteiger partial charge in [0, 0.05) is 49.8 Å². The molecule has 0 aliphatic carbocycles. The molecule has 4 rings (SSSR count). The number of benzene rings is 2. The van der Waals surface area contributed by atoms with Gasteiger partial charge in [-0.1, -0.05) is 12.1 Å². The monoisotopic (exact) mass is 378 g/mol. The molecule has 0 radical (unpaired) electrons. The average Bonchev–Trinajstić information content (AvgIpc) is 3.17. The normalized spacial score (nSPS) is 14.4. The van der Waals surface area contributed by atoms with Crippen LogP contribution in [0.5, 0.6) is 5.75 Å². The average molecular weight is 378 g/mol. The summed E-state index contributed by atoms with van der Waals surface area (Å²) in [5, 5.41) is 4.33. The molecule has 6 nitrogen and oxygen atoms in total. The first-order valence-electron chi connectivity index (χ1n) is 9.73. The van der Waals surface area contributed by atoms with Crippen molar-refractivity contribution in [2.75, 3.05) is 50.1 Å². The number of aromatic amines is 1. The third-order valence-corrected chi connectivity index (χ3v) is 5.30. The number of carbonyl (C=O) groups is 1. The molecule has 146 valence electrons. The predicted octanol–water partition coefficient (Wildman–Crippen LogP) is 3.57. The van der Waals surface area contributed by atoms with Gasteiger partial charge in [0.2, 0.25) is 0 Å². The van der Waals surface area contributed by atoms with E-state index < -0.39 is 0 Å². The van der Waals surface area contributed by atoms with Crippen LogP contribution >= 0.6 is 0 Å². The number of amides is 1. The van der Waals surface area contributed by atoms with Crippen LogP contribution in [0.25, 0.3) is 10.9 Å². The first kappa shape index (κ1) is 18.2. The maximum Gasteiger partial charge on any atom is 0.256 e. The van der Waals surface area contributed by atoms with Crippen molar-refractivity contribution < 1.29 is 9.53 Å². The van der Waals surface area contributed by atoms with Gasteiger partial charge in [-0.05, 0) is 37.3 Å². The second-order valence-corrected chi connectivity index (χ2v) is 6.94. The van der Waals surface area contributed by atoms with Crippen molar-refractivity contribution in [1.29, 1.82) is 0 Å². The smallest absolute Gasteiger partial charge is 0.256 e. The van der Waals surface area contributed by atoms with Crippen LogP contribution in [0.3, 0.4) is 0 Å². The number of H-pyrrole nitrogens is 1. The molecular formula is C22H26N4O2. The Kier molecular flexibility index (Phi) is 5.10. The van der Waals surface area contributed by atoms with Gasteiger partial charge in [-0.15, -0.1) is 0 Å². The summed E-state index contributed by atoms with van der Waals surface area (Å²) in [4.78, 5) is 20.6. The van der Waals surface area contributed by atoms with Crippen LogP contribution in [0.4, 0.5) is 11.4 Å². The highest BCUT2D eigenvalue weighted by atomic mass is 16.5. The largest absolute Gasteiger partial charge is 0.497 e. The number of carbonyl (C=O) groups excluding carboxylic acids is 1. The van der Waals surface area contributed by atoms with Gasteiger partial charge in [0.25, 0.3) is 5.91 Å². The van der Waals surface area contributed by atoms with E-state index in [0.29, 0.717) is 18.7 Å². The van der Waals surface area contributed by atoms with Gasteiger partial charge in [0.05, 0.1) is 24.0 Å². The number of anilines is 2. The summed E-state index contributed by atoms with van der Waals surface area (Å²) in [7, 11) is 1.64. The third-order valence-electron chi connectivity index (χ3n) is 5.30. The van der Waals surface area contributed by atoms with Gasteiger partial charge in [0.1, 0.15) is 5.75 Å². The highest BCUT2D eigenvalue weighted by Gasteiger charge is 2.25. The molecule has 28 heavy (non-hydrogen) atoms. The van der Waals surface area contributed by atoms with Crippen molar-refractivity contribution in [3.05, 3.63) is 54.2 Å². The minimum Gasteiger partial charge on any atom is -0.497 e. The number of para-hydroxylation sites is 2. The van der Waals surface area contributed by atoms with Crippen LogP contribution in [0, 0.1) is 0 Å². The lowest BCUT2D eigenvalue weighted by Gasteiger charge is -2.37. The molecule has 0 saturated carbocycles. The van der Waals surface area contributed by atoms with Crippen LogP contribution in [0.15, 0.2) is 48.7 Å². The number of hydrogen-bond acceptors (Lipinski definition) is 4. The fraction of sp³-hybridized carbons (Fsp3) is 0.318. The number of piperazine rings is 1. The predicted molar refractivity (Wildman–Crippen MR) is 114 cm³/mol. The maximum atomic E-state index is 13.1. The van der Waals surface area contributed by atoms with Gasteiger partial charge in [-0.2, -0.15) is 0 Å². The lowest BCUT2D eigenvalue weighted by atomic mass is 10.1. The molecule has 1 aliphatic heterocycles. The first-order chi connectivity index (χ1) is 13.7. The fourth-order valence-electron chi connectivity index (χ4n) is 3.81. The molecule has 1 fully saturated rings. The van der Waals surface area contributed by atoms with Crippen LogP contribution in [-0.2, 0) is 0 Å². The zero-order valence-corrected chi connectivity index (χ0v) is 16.4. The van der Waals surface area contributed by atoms with E-state index in [9.17, 15) is 4.79 Å². The zero-order chi connectivity index (χ0) is 19.5. The van der Waals surface area contributed by atoms with E-state index in [1.807, 2.05) is 29.2 Å². The summed E-state index contributed by atoms with van der Waals surface area (Å²) in [5.74, 6) is 0.824. The van der Waals surface area contributed by atoms with Crippen LogP contribution in [0.1, 0.15) is 17.3 Å². The lowest BCUT2D eigenvalue weighted by molar-refractivity contribution is 0.0749. The molecular weight excluding hydrogens is 352 g/mol. The quantitative estimate of drug-likeness (QED) is 0.713. The van der Waals surface area contributed by atoms with E-state index in [1.54, 1.807) is 13.3 Å². The minimum absolute atomic E-state index is 0.0686. The van der Waals surface area contributed by atoms with Crippen LogP contribution < -0.4 is 15.0 Å². The number of fused-ring (bicyclic) bond motifs is 1. The van der Waals surface area contributed by atoms with Gasteiger partial charge in [-0.25, -0.2) is 0 Å². The highest BCUT2D eigenvalue weighted by molar-refractivity contribution is 6.07. The second kappa shape index (κ2) is 7.84. The minimum atomic E-state index is 0.0686. The summed E-state index contributed by atoms with van der Waals surface area (Å²) in [5.41, 5.74) is 4.00. The Balaban J connectivity index is 1.49. The van der Waals surface area contributed by atoms with Gasteiger partial charge in [0.15, 0.2) is 0 Å². The summed E-state index contributed by atoms with van der Waals surface area (Å²) in [6.45, 7) is 6.04. The summed E-state index contributed by atoms with van der Waals surface area (Å²) in [6, 6.07) is 14.1. The van der Waals surface area contributed by atoms with E-state index in [-0.39, 0.29) is 5.91 Å². The number of rotatable bonds is 5. The van der Waals surface area contributed by atoms with E-state index in [0.717, 1.165) is 42.0 Å². The molecule has 6 heteroatoms. The Morgan fingerprint density at radius 2 is 1.93 bits per heavy atom. The Bertz CT molecular complexity index is 974.